The monoisotopic (exact) mass is 448 g/mol. The van der Waals surface area contributed by atoms with Crippen LogP contribution in [-0.2, 0) is 19.0 Å². The molecule has 2 N–H and O–H groups in total. The Kier molecular flexibility index (Phi) is 7.25. The second-order valence-electron chi connectivity index (χ2n) is 7.07. The number of carbonyl (C=O) groups excluding carboxylic acids is 3. The van der Waals surface area contributed by atoms with Crippen LogP contribution < -0.4 is 15.5 Å². The predicted octanol–water partition coefficient (Wildman–Crippen LogP) is 1.11. The van der Waals surface area contributed by atoms with Crippen LogP contribution in [0.15, 0.2) is 29.5 Å². The number of nitrogens with zero attached hydrogens (tertiary/aromatic N) is 2. The number of morpholine rings is 1. The Balaban J connectivity index is 1.79. The fraction of sp³-hybridized carbons (Fsp3) is 0.450. The summed E-state index contributed by atoms with van der Waals surface area (Å²) in [4.78, 5) is 49.5. The maximum absolute atomic E-state index is 12.6. The number of nitro groups is 1. The summed E-state index contributed by atoms with van der Waals surface area (Å²) in [5.74, 6) is -1.48. The summed E-state index contributed by atoms with van der Waals surface area (Å²) >= 11 is 0. The summed E-state index contributed by atoms with van der Waals surface area (Å²) in [6.45, 7) is 4.88. The van der Waals surface area contributed by atoms with E-state index in [1.165, 1.54) is 12.1 Å². The minimum Gasteiger partial charge on any atom is -0.463 e. The van der Waals surface area contributed by atoms with Crippen LogP contribution in [0.4, 0.5) is 16.2 Å². The highest BCUT2D eigenvalue weighted by Gasteiger charge is 2.31. The Labute approximate surface area is 183 Å². The van der Waals surface area contributed by atoms with Gasteiger partial charge in [0, 0.05) is 19.2 Å². The Bertz CT molecular complexity index is 955. The van der Waals surface area contributed by atoms with E-state index in [4.69, 9.17) is 14.2 Å². The van der Waals surface area contributed by atoms with Crippen LogP contribution in [0.3, 0.4) is 0 Å². The molecule has 0 spiro atoms. The van der Waals surface area contributed by atoms with E-state index in [2.05, 4.69) is 10.6 Å². The van der Waals surface area contributed by atoms with Gasteiger partial charge in [0.15, 0.2) is 0 Å². The quantitative estimate of drug-likeness (QED) is 0.355. The molecule has 0 aromatic heterocycles. The number of esters is 2. The summed E-state index contributed by atoms with van der Waals surface area (Å²) in [6, 6.07) is 2.88. The van der Waals surface area contributed by atoms with Gasteiger partial charge < -0.3 is 29.7 Å². The predicted molar refractivity (Wildman–Crippen MR) is 111 cm³/mol. The highest BCUT2D eigenvalue weighted by molar-refractivity contribution is 5.95. The summed E-state index contributed by atoms with van der Waals surface area (Å²) in [5.41, 5.74) is 0.360. The third-order valence-electron chi connectivity index (χ3n) is 4.97. The lowest BCUT2D eigenvalue weighted by molar-refractivity contribution is -0.384. The first-order chi connectivity index (χ1) is 15.3. The first-order valence-electron chi connectivity index (χ1n) is 10.1. The molecule has 172 valence electrons. The van der Waals surface area contributed by atoms with E-state index in [1.54, 1.807) is 13.8 Å². The van der Waals surface area contributed by atoms with Gasteiger partial charge in [-0.1, -0.05) is 0 Å². The van der Waals surface area contributed by atoms with Crippen LogP contribution in [0.2, 0.25) is 0 Å². The average molecular weight is 448 g/mol. The lowest BCUT2D eigenvalue weighted by atomic mass is 10.0. The maximum atomic E-state index is 12.6. The molecule has 2 heterocycles. The molecule has 12 nitrogen and oxygen atoms in total. The molecule has 0 saturated carbocycles. The van der Waals surface area contributed by atoms with Crippen LogP contribution in [-0.4, -0.2) is 68.5 Å². The number of nitro benzene ring substituents is 1. The van der Waals surface area contributed by atoms with E-state index in [1.807, 2.05) is 4.90 Å². The molecule has 1 atom stereocenters. The van der Waals surface area contributed by atoms with Crippen molar-refractivity contribution in [2.24, 2.45) is 0 Å². The Morgan fingerprint density at radius 1 is 1.25 bits per heavy atom. The van der Waals surface area contributed by atoms with Crippen molar-refractivity contribution in [3.8, 4) is 0 Å². The fourth-order valence-corrected chi connectivity index (χ4v) is 3.48. The molecular weight excluding hydrogens is 424 g/mol. The molecule has 1 aromatic rings. The number of anilines is 1. The third-order valence-corrected chi connectivity index (χ3v) is 4.97. The number of urea groups is 1. The number of amides is 2. The first kappa shape index (κ1) is 23.0. The van der Waals surface area contributed by atoms with E-state index in [0.29, 0.717) is 32.0 Å². The zero-order chi connectivity index (χ0) is 23.3. The normalized spacial score (nSPS) is 18.5. The summed E-state index contributed by atoms with van der Waals surface area (Å²) in [7, 11) is 0. The van der Waals surface area contributed by atoms with Gasteiger partial charge in [-0.3, -0.25) is 10.1 Å². The molecule has 2 amide bonds. The van der Waals surface area contributed by atoms with Crippen molar-refractivity contribution in [1.29, 1.82) is 0 Å². The standard InChI is InChI=1S/C20H24N4O8/c1-3-31-19(26)17-12(2)21-20(27)22-14(17)11-32-18(25)13-4-5-15(16(10-13)24(28)29)23-6-8-30-9-7-23/h4-5,10,12H,3,6-9,11H2,1-2H3,(H2,21,22,27)/t12-/m1/s1. The summed E-state index contributed by atoms with van der Waals surface area (Å²) < 4.78 is 15.5. The number of rotatable bonds is 7. The van der Waals surface area contributed by atoms with E-state index >= 15 is 0 Å². The number of hydrogen-bond donors (Lipinski definition) is 2. The molecule has 32 heavy (non-hydrogen) atoms. The zero-order valence-electron chi connectivity index (χ0n) is 17.7. The lowest BCUT2D eigenvalue weighted by Gasteiger charge is -2.28. The van der Waals surface area contributed by atoms with Crippen molar-refractivity contribution >= 4 is 29.3 Å². The molecule has 0 bridgehead atoms. The largest absolute Gasteiger partial charge is 0.463 e. The van der Waals surface area contributed by atoms with Crippen LogP contribution in [0.1, 0.15) is 24.2 Å². The molecule has 0 unspecified atom stereocenters. The molecule has 3 rings (SSSR count). The second-order valence-corrected chi connectivity index (χ2v) is 7.07. The number of hydrogen-bond acceptors (Lipinski definition) is 9. The molecule has 2 aliphatic heterocycles. The summed E-state index contributed by atoms with van der Waals surface area (Å²) in [6.07, 6.45) is 0. The van der Waals surface area contributed by atoms with Gasteiger partial charge >= 0.3 is 18.0 Å². The Morgan fingerprint density at radius 2 is 1.97 bits per heavy atom. The van der Waals surface area contributed by atoms with Gasteiger partial charge in [-0.25, -0.2) is 14.4 Å². The topological polar surface area (TPSA) is 149 Å². The fourth-order valence-electron chi connectivity index (χ4n) is 3.48. The van der Waals surface area contributed by atoms with E-state index in [9.17, 15) is 24.5 Å². The van der Waals surface area contributed by atoms with Gasteiger partial charge in [0.2, 0.25) is 0 Å². The van der Waals surface area contributed by atoms with Gasteiger partial charge in [0.1, 0.15) is 12.3 Å². The molecular formula is C20H24N4O8. The van der Waals surface area contributed by atoms with Gasteiger partial charge in [-0.2, -0.15) is 0 Å². The molecule has 2 aliphatic rings. The van der Waals surface area contributed by atoms with Crippen LogP contribution >= 0.6 is 0 Å². The van der Waals surface area contributed by atoms with Crippen LogP contribution in [0.5, 0.6) is 0 Å². The van der Waals surface area contributed by atoms with Crippen molar-refractivity contribution in [2.45, 2.75) is 19.9 Å². The smallest absolute Gasteiger partial charge is 0.338 e. The van der Waals surface area contributed by atoms with Crippen molar-refractivity contribution < 1.29 is 33.5 Å². The van der Waals surface area contributed by atoms with Gasteiger partial charge in [0.25, 0.3) is 5.69 Å². The SMILES string of the molecule is CCOC(=O)C1=C(COC(=O)c2ccc(N3CCOCC3)c([N+](=O)[O-])c2)NC(=O)N[C@@H]1C. The number of benzene rings is 1. The Morgan fingerprint density at radius 3 is 2.62 bits per heavy atom. The molecule has 1 saturated heterocycles. The zero-order valence-corrected chi connectivity index (χ0v) is 17.7. The maximum Gasteiger partial charge on any atom is 0.338 e. The van der Waals surface area contributed by atoms with Crippen LogP contribution in [0, 0.1) is 10.1 Å². The molecule has 1 aromatic carbocycles. The average Bonchev–Trinajstić information content (AvgIpc) is 2.77. The lowest BCUT2D eigenvalue weighted by Crippen LogP contribution is -2.50. The Hall–Kier alpha value is -3.67. The van der Waals surface area contributed by atoms with Crippen molar-refractivity contribution in [3.05, 3.63) is 45.1 Å². The summed E-state index contributed by atoms with van der Waals surface area (Å²) in [5, 5.41) is 16.6. The minimum absolute atomic E-state index is 0.0275. The number of carbonyl (C=O) groups is 3. The van der Waals surface area contributed by atoms with E-state index in [0.717, 1.165) is 6.07 Å². The van der Waals surface area contributed by atoms with Gasteiger partial charge in [-0.05, 0) is 26.0 Å². The van der Waals surface area contributed by atoms with Crippen molar-refractivity contribution in [3.63, 3.8) is 0 Å². The van der Waals surface area contributed by atoms with Crippen molar-refractivity contribution in [2.75, 3.05) is 44.4 Å². The molecule has 0 radical (unpaired) electrons. The highest BCUT2D eigenvalue weighted by Crippen LogP contribution is 2.30. The number of ether oxygens (including phenoxy) is 3. The van der Waals surface area contributed by atoms with E-state index < -0.39 is 35.5 Å². The van der Waals surface area contributed by atoms with Crippen molar-refractivity contribution in [1.82, 2.24) is 10.6 Å². The van der Waals surface area contributed by atoms with E-state index in [-0.39, 0.29) is 29.1 Å². The third kappa shape index (κ3) is 5.14. The van der Waals surface area contributed by atoms with Crippen LogP contribution in [0.25, 0.3) is 0 Å². The minimum atomic E-state index is -0.835. The molecule has 12 heteroatoms. The second kappa shape index (κ2) is 10.1. The van der Waals surface area contributed by atoms with Gasteiger partial charge in [-0.15, -0.1) is 0 Å². The molecule has 0 aliphatic carbocycles. The number of nitrogens with one attached hydrogen (secondary N) is 2. The van der Waals surface area contributed by atoms with Gasteiger partial charge in [0.05, 0.1) is 47.6 Å². The molecule has 1 fully saturated rings. The first-order valence-corrected chi connectivity index (χ1v) is 10.1. The highest BCUT2D eigenvalue weighted by atomic mass is 16.6.